The largest absolute Gasteiger partial charge is 0.497 e. The van der Waals surface area contributed by atoms with E-state index in [-0.39, 0.29) is 18.4 Å². The first-order valence-electron chi connectivity index (χ1n) is 11.3. The fourth-order valence-corrected chi connectivity index (χ4v) is 4.15. The van der Waals surface area contributed by atoms with Crippen LogP contribution in [0.1, 0.15) is 24.3 Å². The van der Waals surface area contributed by atoms with E-state index in [1.54, 1.807) is 18.1 Å². The number of piperidine rings is 1. The maximum absolute atomic E-state index is 13.4. The van der Waals surface area contributed by atoms with Crippen LogP contribution in [0.3, 0.4) is 0 Å². The maximum Gasteiger partial charge on any atom is 0.246 e. The van der Waals surface area contributed by atoms with Gasteiger partial charge in [0.15, 0.2) is 0 Å². The van der Waals surface area contributed by atoms with Crippen molar-refractivity contribution in [1.82, 2.24) is 15.0 Å². The van der Waals surface area contributed by atoms with E-state index in [2.05, 4.69) is 52.8 Å². The number of aryl methyl sites for hydroxylation is 1. The summed E-state index contributed by atoms with van der Waals surface area (Å²) in [5.74, 6) is 1.67. The molecule has 4 rings (SSSR count). The third kappa shape index (κ3) is 5.42. The molecule has 7 heteroatoms. The summed E-state index contributed by atoms with van der Waals surface area (Å²) >= 11 is 0. The Bertz CT molecular complexity index is 1080. The van der Waals surface area contributed by atoms with Crippen LogP contribution in [0, 0.1) is 12.8 Å². The fraction of sp³-hybridized carbons (Fsp3) is 0.346. The summed E-state index contributed by atoms with van der Waals surface area (Å²) in [7, 11) is 1.62. The Morgan fingerprint density at radius 1 is 1.24 bits per heavy atom. The van der Waals surface area contributed by atoms with E-state index >= 15 is 0 Å². The predicted molar refractivity (Wildman–Crippen MR) is 128 cm³/mol. The molecule has 3 aromatic rings. The van der Waals surface area contributed by atoms with E-state index in [9.17, 15) is 4.79 Å². The van der Waals surface area contributed by atoms with Crippen LogP contribution in [0.2, 0.25) is 0 Å². The molecular formula is C26H30N4O3. The van der Waals surface area contributed by atoms with Gasteiger partial charge in [0.1, 0.15) is 12.3 Å². The molecule has 0 spiro atoms. The van der Waals surface area contributed by atoms with Crippen LogP contribution >= 0.6 is 0 Å². The van der Waals surface area contributed by atoms with Gasteiger partial charge in [0.25, 0.3) is 0 Å². The Morgan fingerprint density at radius 3 is 2.70 bits per heavy atom. The first kappa shape index (κ1) is 22.6. The van der Waals surface area contributed by atoms with Crippen molar-refractivity contribution < 1.29 is 14.1 Å². The quantitative estimate of drug-likeness (QED) is 0.475. The number of carbonyl (C=O) groups excluding carboxylic acids is 1. The van der Waals surface area contributed by atoms with E-state index in [0.29, 0.717) is 24.8 Å². The molecule has 2 aromatic carbocycles. The van der Waals surface area contributed by atoms with E-state index in [1.165, 1.54) is 5.56 Å². The monoisotopic (exact) mass is 446 g/mol. The van der Waals surface area contributed by atoms with Gasteiger partial charge in [0.2, 0.25) is 17.6 Å². The van der Waals surface area contributed by atoms with Gasteiger partial charge in [-0.05, 0) is 56.2 Å². The van der Waals surface area contributed by atoms with E-state index < -0.39 is 0 Å². The lowest BCUT2D eigenvalue weighted by molar-refractivity contribution is -0.136. The maximum atomic E-state index is 13.4. The number of hydrogen-bond donors (Lipinski definition) is 0. The molecule has 1 amide bonds. The van der Waals surface area contributed by atoms with Crippen LogP contribution in [0.15, 0.2) is 65.7 Å². The number of anilines is 1. The van der Waals surface area contributed by atoms with Gasteiger partial charge >= 0.3 is 0 Å². The van der Waals surface area contributed by atoms with Crippen molar-refractivity contribution in [2.24, 2.45) is 5.92 Å². The van der Waals surface area contributed by atoms with Crippen molar-refractivity contribution in [3.8, 4) is 17.1 Å². The van der Waals surface area contributed by atoms with Crippen LogP contribution in [0.25, 0.3) is 11.4 Å². The number of methoxy groups -OCH3 is 1. The molecule has 33 heavy (non-hydrogen) atoms. The summed E-state index contributed by atoms with van der Waals surface area (Å²) in [5.41, 5.74) is 3.22. The Hall–Kier alpha value is -3.61. The molecule has 1 saturated heterocycles. The molecule has 0 bridgehead atoms. The number of hydrogen-bond acceptors (Lipinski definition) is 6. The van der Waals surface area contributed by atoms with Crippen LogP contribution in [-0.4, -0.2) is 47.7 Å². The topological polar surface area (TPSA) is 71.7 Å². The van der Waals surface area contributed by atoms with Crippen LogP contribution in [-0.2, 0) is 11.3 Å². The second-order valence-corrected chi connectivity index (χ2v) is 8.37. The van der Waals surface area contributed by atoms with E-state index in [0.717, 1.165) is 36.4 Å². The minimum Gasteiger partial charge on any atom is -0.497 e. The standard InChI is InChI=1S/C26H30N4O3/c1-4-15-30(18-24-27-25(28-33-24)20-9-13-23(32-3)14-10-20)26(31)21-6-5-16-29(17-21)22-11-7-19(2)8-12-22/h4,7-14,21H,1,5-6,15-18H2,2-3H3. The van der Waals surface area contributed by atoms with Gasteiger partial charge in [-0.1, -0.05) is 28.9 Å². The van der Waals surface area contributed by atoms with Gasteiger partial charge in [-0.25, -0.2) is 0 Å². The average molecular weight is 447 g/mol. The first-order chi connectivity index (χ1) is 16.1. The zero-order valence-corrected chi connectivity index (χ0v) is 19.2. The highest BCUT2D eigenvalue weighted by Gasteiger charge is 2.30. The number of rotatable bonds is 8. The number of aromatic nitrogens is 2. The fourth-order valence-electron chi connectivity index (χ4n) is 4.15. The molecule has 0 saturated carbocycles. The lowest BCUT2D eigenvalue weighted by atomic mass is 9.95. The Labute approximate surface area is 194 Å². The summed E-state index contributed by atoms with van der Waals surface area (Å²) in [6.45, 7) is 8.26. The molecule has 0 N–H and O–H groups in total. The molecule has 2 heterocycles. The Balaban J connectivity index is 1.44. The second kappa shape index (κ2) is 10.3. The van der Waals surface area contributed by atoms with Gasteiger partial charge in [-0.2, -0.15) is 4.98 Å². The SMILES string of the molecule is C=CCN(Cc1nc(-c2ccc(OC)cc2)no1)C(=O)C1CCCN(c2ccc(C)cc2)C1. The number of amides is 1. The summed E-state index contributed by atoms with van der Waals surface area (Å²) < 4.78 is 10.7. The average Bonchev–Trinajstić information content (AvgIpc) is 3.32. The molecule has 0 radical (unpaired) electrons. The van der Waals surface area contributed by atoms with Crippen molar-refractivity contribution in [3.63, 3.8) is 0 Å². The Kier molecular flexibility index (Phi) is 7.07. The summed E-state index contributed by atoms with van der Waals surface area (Å²) in [6.07, 6.45) is 3.59. The third-order valence-electron chi connectivity index (χ3n) is 5.97. The molecule has 1 atom stereocenters. The van der Waals surface area contributed by atoms with Crippen molar-refractivity contribution in [3.05, 3.63) is 72.6 Å². The zero-order chi connectivity index (χ0) is 23.2. The van der Waals surface area contributed by atoms with Gasteiger partial charge in [0, 0.05) is 30.9 Å². The molecular weight excluding hydrogens is 416 g/mol. The highest BCUT2D eigenvalue weighted by molar-refractivity contribution is 5.80. The molecule has 1 aromatic heterocycles. The van der Waals surface area contributed by atoms with E-state index in [4.69, 9.17) is 9.26 Å². The molecule has 0 aliphatic carbocycles. The summed E-state index contributed by atoms with van der Waals surface area (Å²) in [4.78, 5) is 22.0. The minimum atomic E-state index is -0.0796. The molecule has 1 unspecified atom stereocenters. The second-order valence-electron chi connectivity index (χ2n) is 8.37. The Morgan fingerprint density at radius 2 is 2.00 bits per heavy atom. The number of ether oxygens (including phenoxy) is 1. The molecule has 1 fully saturated rings. The van der Waals surface area contributed by atoms with Crippen LogP contribution < -0.4 is 9.64 Å². The smallest absolute Gasteiger partial charge is 0.246 e. The molecule has 7 nitrogen and oxygen atoms in total. The number of nitrogens with zero attached hydrogens (tertiary/aromatic N) is 4. The highest BCUT2D eigenvalue weighted by Crippen LogP contribution is 2.26. The lowest BCUT2D eigenvalue weighted by Gasteiger charge is -2.35. The van der Waals surface area contributed by atoms with Crippen LogP contribution in [0.5, 0.6) is 5.75 Å². The zero-order valence-electron chi connectivity index (χ0n) is 19.2. The van der Waals surface area contributed by atoms with Gasteiger partial charge in [0.05, 0.1) is 13.0 Å². The third-order valence-corrected chi connectivity index (χ3v) is 5.97. The van der Waals surface area contributed by atoms with Crippen molar-refractivity contribution in [2.75, 3.05) is 31.6 Å². The van der Waals surface area contributed by atoms with Gasteiger partial charge in [-0.15, -0.1) is 6.58 Å². The normalized spacial score (nSPS) is 15.8. The van der Waals surface area contributed by atoms with Gasteiger partial charge < -0.3 is 19.1 Å². The van der Waals surface area contributed by atoms with Crippen molar-refractivity contribution in [2.45, 2.75) is 26.3 Å². The minimum absolute atomic E-state index is 0.0796. The van der Waals surface area contributed by atoms with Crippen molar-refractivity contribution in [1.29, 1.82) is 0 Å². The molecule has 172 valence electrons. The highest BCUT2D eigenvalue weighted by atomic mass is 16.5. The summed E-state index contributed by atoms with van der Waals surface area (Å²) in [6, 6.07) is 15.9. The molecule has 1 aliphatic heterocycles. The first-order valence-corrected chi connectivity index (χ1v) is 11.3. The lowest BCUT2D eigenvalue weighted by Crippen LogP contribution is -2.44. The predicted octanol–water partition coefficient (Wildman–Crippen LogP) is 4.48. The van der Waals surface area contributed by atoms with Gasteiger partial charge in [-0.3, -0.25) is 4.79 Å². The number of carbonyl (C=O) groups is 1. The van der Waals surface area contributed by atoms with E-state index in [1.807, 2.05) is 24.3 Å². The summed E-state index contributed by atoms with van der Waals surface area (Å²) in [5, 5.41) is 4.09. The molecule has 1 aliphatic rings. The van der Waals surface area contributed by atoms with Crippen LogP contribution in [0.4, 0.5) is 5.69 Å². The van der Waals surface area contributed by atoms with Crippen molar-refractivity contribution >= 4 is 11.6 Å². The number of benzene rings is 2.